The van der Waals surface area contributed by atoms with Gasteiger partial charge in [0.2, 0.25) is 5.79 Å². The van der Waals surface area contributed by atoms with Crippen LogP contribution < -0.4 is 4.74 Å². The van der Waals surface area contributed by atoms with E-state index in [1.807, 2.05) is 43.3 Å². The Morgan fingerprint density at radius 1 is 1.00 bits per heavy atom. The summed E-state index contributed by atoms with van der Waals surface area (Å²) in [5.41, 5.74) is 1.25. The molecule has 1 aliphatic rings. The molecule has 25 heavy (non-hydrogen) atoms. The quantitative estimate of drug-likeness (QED) is 0.726. The van der Waals surface area contributed by atoms with Gasteiger partial charge in [-0.05, 0) is 23.9 Å². The zero-order chi connectivity index (χ0) is 17.3. The van der Waals surface area contributed by atoms with Gasteiger partial charge in [0.25, 0.3) is 0 Å². The predicted octanol–water partition coefficient (Wildman–Crippen LogP) is 4.20. The van der Waals surface area contributed by atoms with Gasteiger partial charge in [-0.15, -0.1) is 0 Å². The number of benzene rings is 3. The van der Waals surface area contributed by atoms with Gasteiger partial charge in [-0.3, -0.25) is 4.90 Å². The lowest BCUT2D eigenvalue weighted by molar-refractivity contribution is -0.150. The molecule has 2 unspecified atom stereocenters. The Hall–Kier alpha value is -2.36. The van der Waals surface area contributed by atoms with Gasteiger partial charge in [0, 0.05) is 24.9 Å². The van der Waals surface area contributed by atoms with E-state index in [2.05, 4.69) is 41.3 Å². The summed E-state index contributed by atoms with van der Waals surface area (Å²) in [4.78, 5) is 2.28. The first kappa shape index (κ1) is 16.1. The molecular weight excluding hydrogens is 310 g/mol. The average Bonchev–Trinajstić information content (AvgIpc) is 2.91. The highest BCUT2D eigenvalue weighted by molar-refractivity contribution is 5.88. The fourth-order valence-electron chi connectivity index (χ4n) is 3.64. The summed E-state index contributed by atoms with van der Waals surface area (Å²) in [7, 11) is 0. The summed E-state index contributed by atoms with van der Waals surface area (Å²) in [6.07, 6.45) is 0.601. The van der Waals surface area contributed by atoms with Crippen molar-refractivity contribution in [3.05, 3.63) is 78.4 Å². The van der Waals surface area contributed by atoms with Crippen LogP contribution in [0.25, 0.3) is 10.8 Å². The first-order chi connectivity index (χ1) is 12.2. The van der Waals surface area contributed by atoms with Gasteiger partial charge in [0.15, 0.2) is 0 Å². The van der Waals surface area contributed by atoms with Crippen molar-refractivity contribution in [3.8, 4) is 5.75 Å². The van der Waals surface area contributed by atoms with E-state index in [1.165, 1.54) is 5.56 Å². The molecule has 1 saturated heterocycles. The zero-order valence-electron chi connectivity index (χ0n) is 14.4. The number of aliphatic hydroxyl groups is 1. The van der Waals surface area contributed by atoms with Crippen molar-refractivity contribution in [1.29, 1.82) is 0 Å². The maximum atomic E-state index is 11.2. The molecule has 1 aliphatic heterocycles. The Labute approximate surface area is 148 Å². The number of fused-ring (bicyclic) bond motifs is 1. The first-order valence-electron chi connectivity index (χ1n) is 8.83. The second-order valence-corrected chi connectivity index (χ2v) is 6.81. The van der Waals surface area contributed by atoms with Crippen LogP contribution in [0.1, 0.15) is 18.9 Å². The van der Waals surface area contributed by atoms with Crippen molar-refractivity contribution in [2.45, 2.75) is 31.7 Å². The van der Waals surface area contributed by atoms with Crippen LogP contribution in [0.4, 0.5) is 0 Å². The maximum absolute atomic E-state index is 11.2. The number of hydrogen-bond acceptors (Lipinski definition) is 3. The highest BCUT2D eigenvalue weighted by Gasteiger charge is 2.45. The number of ether oxygens (including phenoxy) is 1. The maximum Gasteiger partial charge on any atom is 0.224 e. The van der Waals surface area contributed by atoms with E-state index < -0.39 is 5.79 Å². The minimum atomic E-state index is -1.17. The van der Waals surface area contributed by atoms with E-state index in [-0.39, 0.29) is 6.04 Å². The standard InChI is InChI=1S/C22H23NO2/c1-17-22(24,14-15-23(17)16-18-8-3-2-4-9-18)25-21-13-7-11-19-10-5-6-12-20(19)21/h2-13,17,24H,14-16H2,1H3. The number of hydrogen-bond donors (Lipinski definition) is 1. The van der Waals surface area contributed by atoms with Gasteiger partial charge in [0.1, 0.15) is 5.75 Å². The normalized spacial score (nSPS) is 23.8. The largest absolute Gasteiger partial charge is 0.460 e. The van der Waals surface area contributed by atoms with Crippen molar-refractivity contribution in [2.75, 3.05) is 6.54 Å². The van der Waals surface area contributed by atoms with E-state index in [0.717, 1.165) is 29.6 Å². The molecule has 0 radical (unpaired) electrons. The van der Waals surface area contributed by atoms with Crippen molar-refractivity contribution in [3.63, 3.8) is 0 Å². The molecule has 128 valence electrons. The molecule has 1 fully saturated rings. The van der Waals surface area contributed by atoms with E-state index in [1.54, 1.807) is 0 Å². The fraction of sp³-hybridized carbons (Fsp3) is 0.273. The number of likely N-dealkylation sites (tertiary alicyclic amines) is 1. The highest BCUT2D eigenvalue weighted by atomic mass is 16.6. The Balaban J connectivity index is 1.56. The van der Waals surface area contributed by atoms with Gasteiger partial charge in [-0.2, -0.15) is 0 Å². The van der Waals surface area contributed by atoms with Crippen LogP contribution in [0.3, 0.4) is 0 Å². The molecule has 3 aromatic carbocycles. The van der Waals surface area contributed by atoms with Crippen LogP contribution in [0.15, 0.2) is 72.8 Å². The Morgan fingerprint density at radius 2 is 1.72 bits per heavy atom. The summed E-state index contributed by atoms with van der Waals surface area (Å²) in [6, 6.07) is 24.4. The lowest BCUT2D eigenvalue weighted by Crippen LogP contribution is -2.46. The summed E-state index contributed by atoms with van der Waals surface area (Å²) in [6.45, 7) is 3.68. The van der Waals surface area contributed by atoms with Crippen LogP contribution in [-0.4, -0.2) is 28.4 Å². The number of nitrogens with zero attached hydrogens (tertiary/aromatic N) is 1. The molecule has 0 bridgehead atoms. The summed E-state index contributed by atoms with van der Waals surface area (Å²) < 4.78 is 6.17. The molecule has 3 aromatic rings. The average molecular weight is 333 g/mol. The molecule has 0 saturated carbocycles. The second-order valence-electron chi connectivity index (χ2n) is 6.81. The van der Waals surface area contributed by atoms with Crippen LogP contribution in [0.2, 0.25) is 0 Å². The highest BCUT2D eigenvalue weighted by Crippen LogP contribution is 2.35. The van der Waals surface area contributed by atoms with Crippen LogP contribution in [-0.2, 0) is 6.54 Å². The minimum absolute atomic E-state index is 0.0772. The van der Waals surface area contributed by atoms with Crippen molar-refractivity contribution in [2.24, 2.45) is 0 Å². The third-order valence-electron chi connectivity index (χ3n) is 5.22. The smallest absolute Gasteiger partial charge is 0.224 e. The van der Waals surface area contributed by atoms with Crippen LogP contribution >= 0.6 is 0 Å². The first-order valence-corrected chi connectivity index (χ1v) is 8.83. The molecule has 0 amide bonds. The SMILES string of the molecule is CC1N(Cc2ccccc2)CCC1(O)Oc1cccc2ccccc12. The summed E-state index contributed by atoms with van der Waals surface area (Å²) in [5, 5.41) is 13.3. The third kappa shape index (κ3) is 3.13. The Bertz CT molecular complexity index is 859. The molecule has 1 heterocycles. The Morgan fingerprint density at radius 3 is 2.56 bits per heavy atom. The Kier molecular flexibility index (Phi) is 4.20. The predicted molar refractivity (Wildman–Crippen MR) is 100 cm³/mol. The molecule has 3 heteroatoms. The van der Waals surface area contributed by atoms with Gasteiger partial charge < -0.3 is 9.84 Å². The molecule has 4 rings (SSSR count). The van der Waals surface area contributed by atoms with Gasteiger partial charge >= 0.3 is 0 Å². The topological polar surface area (TPSA) is 32.7 Å². The third-order valence-corrected chi connectivity index (χ3v) is 5.22. The van der Waals surface area contributed by atoms with Crippen molar-refractivity contribution < 1.29 is 9.84 Å². The van der Waals surface area contributed by atoms with Crippen molar-refractivity contribution in [1.82, 2.24) is 4.90 Å². The minimum Gasteiger partial charge on any atom is -0.460 e. The summed E-state index contributed by atoms with van der Waals surface area (Å²) >= 11 is 0. The van der Waals surface area contributed by atoms with E-state index >= 15 is 0 Å². The van der Waals surface area contributed by atoms with Gasteiger partial charge in [0.05, 0.1) is 6.04 Å². The zero-order valence-corrected chi connectivity index (χ0v) is 14.4. The van der Waals surface area contributed by atoms with E-state index in [9.17, 15) is 5.11 Å². The number of rotatable bonds is 4. The van der Waals surface area contributed by atoms with Gasteiger partial charge in [-0.1, -0.05) is 66.7 Å². The second kappa shape index (κ2) is 6.51. The van der Waals surface area contributed by atoms with Crippen LogP contribution in [0, 0.1) is 0 Å². The lowest BCUT2D eigenvalue weighted by Gasteiger charge is -2.32. The lowest BCUT2D eigenvalue weighted by atomic mass is 10.1. The molecule has 0 aliphatic carbocycles. The molecule has 0 aromatic heterocycles. The van der Waals surface area contributed by atoms with Crippen LogP contribution in [0.5, 0.6) is 5.75 Å². The van der Waals surface area contributed by atoms with Crippen molar-refractivity contribution >= 4 is 10.8 Å². The molecule has 2 atom stereocenters. The fourth-order valence-corrected chi connectivity index (χ4v) is 3.64. The van der Waals surface area contributed by atoms with Gasteiger partial charge in [-0.25, -0.2) is 0 Å². The van der Waals surface area contributed by atoms with E-state index in [0.29, 0.717) is 6.42 Å². The molecule has 0 spiro atoms. The molecular formula is C22H23NO2. The summed E-state index contributed by atoms with van der Waals surface area (Å²) in [5.74, 6) is -0.423. The molecule has 1 N–H and O–H groups in total. The van der Waals surface area contributed by atoms with E-state index in [4.69, 9.17) is 4.74 Å². The molecule has 3 nitrogen and oxygen atoms in total. The monoisotopic (exact) mass is 333 g/mol.